The van der Waals surface area contributed by atoms with Gasteiger partial charge >= 0.3 is 12.0 Å². The molecule has 3 rings (SSSR count). The first-order valence-corrected chi connectivity index (χ1v) is 14.0. The van der Waals surface area contributed by atoms with Gasteiger partial charge in [0.25, 0.3) is 0 Å². The average molecular weight is 539 g/mol. The average Bonchev–Trinajstić information content (AvgIpc) is 3.37. The highest BCUT2D eigenvalue weighted by atomic mass is 16.5. The number of urea groups is 1. The maximum atomic E-state index is 13.6. The number of carbonyl (C=O) groups excluding carboxylic acids is 2. The standard InChI is InChI=1S/C31H42N2O6/c1-5-38-27-19-25(20-28(39-6-2)29(27)22(4)34)21(3)33(17-11-10-14-23-12-8-7-9-13-23)31(37)32-26-16-15-24(18-26)30(35)36/h7-9,12-13,19-21,24,26H,5-6,10-11,14-18H2,1-4H3,(H,32,37)(H,35,36)/t21?,24-,26?/m1/s1. The second-order valence-corrected chi connectivity index (χ2v) is 10.1. The second kappa shape index (κ2) is 14.6. The molecule has 0 spiro atoms. The summed E-state index contributed by atoms with van der Waals surface area (Å²) in [5.74, 6) is -0.487. The van der Waals surface area contributed by atoms with Crippen LogP contribution in [0.4, 0.5) is 4.79 Å². The number of ether oxygens (including phenoxy) is 2. The van der Waals surface area contributed by atoms with Crippen LogP contribution in [0.2, 0.25) is 0 Å². The van der Waals surface area contributed by atoms with Gasteiger partial charge in [0.15, 0.2) is 5.78 Å². The summed E-state index contributed by atoms with van der Waals surface area (Å²) >= 11 is 0. The Labute approximate surface area is 231 Å². The zero-order valence-electron chi connectivity index (χ0n) is 23.6. The van der Waals surface area contributed by atoms with E-state index in [4.69, 9.17) is 9.47 Å². The Morgan fingerprint density at radius 1 is 1.03 bits per heavy atom. The maximum Gasteiger partial charge on any atom is 0.318 e. The predicted molar refractivity (Wildman–Crippen MR) is 151 cm³/mol. The van der Waals surface area contributed by atoms with E-state index >= 15 is 0 Å². The predicted octanol–water partition coefficient (Wildman–Crippen LogP) is 6.04. The van der Waals surface area contributed by atoms with E-state index in [0.29, 0.717) is 56.1 Å². The largest absolute Gasteiger partial charge is 0.493 e. The van der Waals surface area contributed by atoms with Crippen LogP contribution in [0.1, 0.15) is 87.3 Å². The van der Waals surface area contributed by atoms with E-state index in [2.05, 4.69) is 17.4 Å². The van der Waals surface area contributed by atoms with Gasteiger partial charge in [-0.05, 0) is 89.5 Å². The molecule has 212 valence electrons. The number of nitrogens with one attached hydrogen (secondary N) is 1. The number of ketones is 1. The van der Waals surface area contributed by atoms with Gasteiger partial charge < -0.3 is 24.8 Å². The quantitative estimate of drug-likeness (QED) is 0.225. The highest BCUT2D eigenvalue weighted by molar-refractivity contribution is 5.99. The van der Waals surface area contributed by atoms with Crippen molar-refractivity contribution in [2.75, 3.05) is 19.8 Å². The van der Waals surface area contributed by atoms with E-state index < -0.39 is 11.9 Å². The summed E-state index contributed by atoms with van der Waals surface area (Å²) in [7, 11) is 0. The molecule has 2 aromatic rings. The van der Waals surface area contributed by atoms with Crippen LogP contribution in [0.5, 0.6) is 11.5 Å². The van der Waals surface area contributed by atoms with Crippen molar-refractivity contribution in [1.29, 1.82) is 0 Å². The Morgan fingerprint density at radius 3 is 2.21 bits per heavy atom. The first-order chi connectivity index (χ1) is 18.7. The smallest absolute Gasteiger partial charge is 0.318 e. The molecule has 0 aromatic heterocycles. The number of aliphatic carboxylic acids is 1. The molecule has 2 N–H and O–H groups in total. The van der Waals surface area contributed by atoms with Crippen molar-refractivity contribution in [1.82, 2.24) is 10.2 Å². The number of aryl methyl sites for hydroxylation is 1. The van der Waals surface area contributed by atoms with Gasteiger partial charge in [0.2, 0.25) is 0 Å². The fourth-order valence-electron chi connectivity index (χ4n) is 5.24. The van der Waals surface area contributed by atoms with Gasteiger partial charge in [-0.1, -0.05) is 30.3 Å². The van der Waals surface area contributed by atoms with E-state index in [9.17, 15) is 19.5 Å². The lowest BCUT2D eigenvalue weighted by atomic mass is 10.00. The first kappa shape index (κ1) is 30.0. The van der Waals surface area contributed by atoms with Crippen LogP contribution in [-0.4, -0.2) is 53.6 Å². The molecular formula is C31H42N2O6. The molecule has 1 aliphatic carbocycles. The Bertz CT molecular complexity index is 1090. The highest BCUT2D eigenvalue weighted by Gasteiger charge is 2.33. The molecule has 0 heterocycles. The van der Waals surface area contributed by atoms with Crippen molar-refractivity contribution in [3.63, 3.8) is 0 Å². The van der Waals surface area contributed by atoms with E-state index in [1.165, 1.54) is 12.5 Å². The van der Waals surface area contributed by atoms with Crippen molar-refractivity contribution in [2.45, 2.75) is 78.3 Å². The van der Waals surface area contributed by atoms with Crippen LogP contribution in [0.25, 0.3) is 0 Å². The zero-order chi connectivity index (χ0) is 28.4. The summed E-state index contributed by atoms with van der Waals surface area (Å²) in [5, 5.41) is 12.5. The minimum atomic E-state index is -0.810. The van der Waals surface area contributed by atoms with Gasteiger partial charge in [-0.15, -0.1) is 0 Å². The summed E-state index contributed by atoms with van der Waals surface area (Å²) in [4.78, 5) is 39.3. The Kier molecular flexibility index (Phi) is 11.2. The summed E-state index contributed by atoms with van der Waals surface area (Å²) in [6.45, 7) is 8.47. The third-order valence-electron chi connectivity index (χ3n) is 7.32. The minimum absolute atomic E-state index is 0.147. The number of amides is 2. The van der Waals surface area contributed by atoms with Crippen LogP contribution >= 0.6 is 0 Å². The molecule has 0 saturated heterocycles. The minimum Gasteiger partial charge on any atom is -0.493 e. The van der Waals surface area contributed by atoms with Crippen molar-refractivity contribution >= 4 is 17.8 Å². The maximum absolute atomic E-state index is 13.6. The molecule has 0 aliphatic heterocycles. The number of unbranched alkanes of at least 4 members (excludes halogenated alkanes) is 1. The Hall–Kier alpha value is -3.55. The van der Waals surface area contributed by atoms with E-state index in [0.717, 1.165) is 24.8 Å². The molecule has 1 aliphatic rings. The van der Waals surface area contributed by atoms with Crippen molar-refractivity contribution in [3.05, 3.63) is 59.2 Å². The van der Waals surface area contributed by atoms with Gasteiger partial charge in [0.05, 0.1) is 25.2 Å². The molecule has 8 heteroatoms. The molecular weight excluding hydrogens is 496 g/mol. The molecule has 1 fully saturated rings. The zero-order valence-corrected chi connectivity index (χ0v) is 23.6. The molecule has 1 saturated carbocycles. The summed E-state index contributed by atoms with van der Waals surface area (Å²) in [6.07, 6.45) is 4.29. The molecule has 39 heavy (non-hydrogen) atoms. The second-order valence-electron chi connectivity index (χ2n) is 10.1. The van der Waals surface area contributed by atoms with Gasteiger partial charge in [0.1, 0.15) is 17.1 Å². The monoisotopic (exact) mass is 538 g/mol. The van der Waals surface area contributed by atoms with Crippen LogP contribution < -0.4 is 14.8 Å². The number of carbonyl (C=O) groups is 3. The number of hydrogen-bond acceptors (Lipinski definition) is 5. The van der Waals surface area contributed by atoms with Gasteiger partial charge in [-0.2, -0.15) is 0 Å². The Morgan fingerprint density at radius 2 is 1.67 bits per heavy atom. The number of rotatable bonds is 14. The fourth-order valence-corrected chi connectivity index (χ4v) is 5.24. The lowest BCUT2D eigenvalue weighted by molar-refractivity contribution is -0.141. The van der Waals surface area contributed by atoms with Crippen LogP contribution in [-0.2, 0) is 11.2 Å². The number of carboxylic acids is 1. The molecule has 2 aromatic carbocycles. The van der Waals surface area contributed by atoms with Crippen molar-refractivity contribution < 1.29 is 29.0 Å². The van der Waals surface area contributed by atoms with E-state index in [-0.39, 0.29) is 23.9 Å². The number of Topliss-reactive ketones (excluding diaryl/α,β-unsaturated/α-hetero) is 1. The van der Waals surface area contributed by atoms with Crippen LogP contribution in [0.3, 0.4) is 0 Å². The third kappa shape index (κ3) is 8.22. The number of nitrogens with zero attached hydrogens (tertiary/aromatic N) is 1. The van der Waals surface area contributed by atoms with Gasteiger partial charge in [-0.25, -0.2) is 4.79 Å². The highest BCUT2D eigenvalue weighted by Crippen LogP contribution is 2.36. The molecule has 0 bridgehead atoms. The van der Waals surface area contributed by atoms with Crippen LogP contribution in [0, 0.1) is 5.92 Å². The lowest BCUT2D eigenvalue weighted by Gasteiger charge is -2.32. The van der Waals surface area contributed by atoms with E-state index in [1.54, 1.807) is 4.90 Å². The molecule has 0 radical (unpaired) electrons. The molecule has 3 atom stereocenters. The Balaban J connectivity index is 1.84. The SMILES string of the molecule is CCOc1cc(C(C)N(CCCCc2ccccc2)C(=O)NC2CC[C@@H](C(=O)O)C2)cc(OCC)c1C(C)=O. The van der Waals surface area contributed by atoms with E-state index in [1.807, 2.05) is 51.1 Å². The number of hydrogen-bond donors (Lipinski definition) is 2. The lowest BCUT2D eigenvalue weighted by Crippen LogP contribution is -2.45. The van der Waals surface area contributed by atoms with Crippen molar-refractivity contribution in [3.8, 4) is 11.5 Å². The summed E-state index contributed by atoms with van der Waals surface area (Å²) in [5.41, 5.74) is 2.47. The number of carboxylic acid groups (broad SMARTS) is 1. The summed E-state index contributed by atoms with van der Waals surface area (Å²) in [6, 6.07) is 13.2. The normalized spacial score (nSPS) is 17.3. The summed E-state index contributed by atoms with van der Waals surface area (Å²) < 4.78 is 11.7. The van der Waals surface area contributed by atoms with Gasteiger partial charge in [0, 0.05) is 12.6 Å². The van der Waals surface area contributed by atoms with Gasteiger partial charge in [-0.3, -0.25) is 9.59 Å². The third-order valence-corrected chi connectivity index (χ3v) is 7.32. The molecule has 8 nitrogen and oxygen atoms in total. The fraction of sp³-hybridized carbons (Fsp3) is 0.516. The first-order valence-electron chi connectivity index (χ1n) is 14.0. The van der Waals surface area contributed by atoms with Crippen LogP contribution in [0.15, 0.2) is 42.5 Å². The topological polar surface area (TPSA) is 105 Å². The van der Waals surface area contributed by atoms with Crippen molar-refractivity contribution in [2.24, 2.45) is 5.92 Å². The molecule has 2 unspecified atom stereocenters. The molecule has 2 amide bonds. The number of benzene rings is 2.